The molecule has 69 heavy (non-hydrogen) atoms. The van der Waals surface area contributed by atoms with E-state index in [-0.39, 0.29) is 30.2 Å². The van der Waals surface area contributed by atoms with Crippen molar-refractivity contribution < 1.29 is 33.4 Å². The zero-order valence-corrected chi connectivity index (χ0v) is 39.3. The van der Waals surface area contributed by atoms with Gasteiger partial charge in [0.15, 0.2) is 0 Å². The van der Waals surface area contributed by atoms with Gasteiger partial charge in [0.25, 0.3) is 0 Å². The third-order valence-corrected chi connectivity index (χ3v) is 13.5. The molecule has 0 aliphatic carbocycles. The monoisotopic (exact) mass is 931 g/mol. The van der Waals surface area contributed by atoms with Crippen molar-refractivity contribution in [2.24, 2.45) is 11.8 Å². The molecular formula is C57H62FN5O6. The highest BCUT2D eigenvalue weighted by atomic mass is 19.1. The van der Waals surface area contributed by atoms with Gasteiger partial charge in [0.2, 0.25) is 0 Å². The van der Waals surface area contributed by atoms with E-state index in [1.165, 1.54) is 17.0 Å². The first-order chi connectivity index (χ1) is 33.6. The van der Waals surface area contributed by atoms with E-state index in [0.717, 1.165) is 92.9 Å². The number of benzene rings is 6. The largest absolute Gasteiger partial charge is 0.465 e. The normalized spacial score (nSPS) is 20.7. The van der Waals surface area contributed by atoms with Gasteiger partial charge < -0.3 is 14.6 Å². The number of carbonyl (C=O) groups is 3. The quantitative estimate of drug-likeness (QED) is 0.137. The Labute approximate surface area is 405 Å². The summed E-state index contributed by atoms with van der Waals surface area (Å²) in [6, 6.07) is 52.6. The number of hydrogen-bond acceptors (Lipinski definition) is 7. The Morgan fingerprint density at radius 1 is 0.493 bits per heavy atom. The van der Waals surface area contributed by atoms with Crippen molar-refractivity contribution in [2.45, 2.75) is 64.4 Å². The van der Waals surface area contributed by atoms with E-state index in [1.807, 2.05) is 153 Å². The molecule has 0 saturated carbocycles. The molecule has 2 atom stereocenters. The van der Waals surface area contributed by atoms with Crippen LogP contribution in [-0.2, 0) is 29.1 Å². The Morgan fingerprint density at radius 3 is 1.19 bits per heavy atom. The zero-order valence-electron chi connectivity index (χ0n) is 39.3. The van der Waals surface area contributed by atoms with Gasteiger partial charge in [-0.25, -0.2) is 18.8 Å². The molecule has 1 N–H and O–H groups in total. The lowest BCUT2D eigenvalue weighted by molar-refractivity contribution is -0.0313. The molecule has 3 amide bonds. The van der Waals surface area contributed by atoms with Crippen LogP contribution in [0.1, 0.15) is 47.9 Å². The van der Waals surface area contributed by atoms with E-state index in [2.05, 4.69) is 9.80 Å². The first kappa shape index (κ1) is 48.4. The average molecular weight is 932 g/mol. The topological polar surface area (TPSA) is 106 Å². The Balaban J connectivity index is 0.000000142. The van der Waals surface area contributed by atoms with Crippen LogP contribution in [0.4, 0.5) is 35.8 Å². The predicted molar refractivity (Wildman–Crippen MR) is 269 cm³/mol. The maximum Gasteiger partial charge on any atom is 0.414 e. The minimum absolute atomic E-state index is 0.0250. The van der Waals surface area contributed by atoms with Gasteiger partial charge >= 0.3 is 18.3 Å². The predicted octanol–water partition coefficient (Wildman–Crippen LogP) is 11.7. The SMILES string of the molecule is Cc1ccc(N(Cc2ccccc2)C(=O)O)cc1.O=C(O[C@H]1CN2CCC1CC2)N(Cc1ccccc1)c1ccc(F)cc1.O=C(O[C@H]1CN2CCC1CC2)N(Cc1ccccc1)c1ccccc1. The summed E-state index contributed by atoms with van der Waals surface area (Å²) in [5.74, 6) is 0.651. The number of carboxylic acid groups (broad SMARTS) is 1. The standard InChI is InChI=1S/C21H23FN2O2.C21H24N2O2.C15H15NO2/c22-18-6-8-19(9-7-18)24(14-16-4-2-1-3-5-16)21(25)26-20-15-23-12-10-17(20)11-13-23;24-21(25-20-16-22-13-11-18(20)12-14-22)23(19-9-5-2-6-10-19)15-17-7-3-1-4-8-17;1-12-7-9-14(10-8-12)16(15(17)18)11-13-5-3-2-4-6-13/h1-9,17,20H,10-15H2;1-10,18,20H,11-16H2;2-10H,11H2,1H3,(H,17,18)/t2*20-;/m00./s1. The molecule has 6 aliphatic heterocycles. The number of ether oxygens (including phenoxy) is 2. The van der Waals surface area contributed by atoms with Gasteiger partial charge in [-0.05, 0) is 136 Å². The smallest absolute Gasteiger partial charge is 0.414 e. The van der Waals surface area contributed by atoms with E-state index >= 15 is 0 Å². The number of amides is 3. The van der Waals surface area contributed by atoms with E-state index < -0.39 is 6.09 Å². The van der Waals surface area contributed by atoms with Crippen LogP contribution in [0.5, 0.6) is 0 Å². The van der Waals surface area contributed by atoms with Gasteiger partial charge in [-0.2, -0.15) is 0 Å². The summed E-state index contributed by atoms with van der Waals surface area (Å²) in [7, 11) is 0. The van der Waals surface area contributed by atoms with Crippen molar-refractivity contribution in [2.75, 3.05) is 54.0 Å². The number of para-hydroxylation sites is 1. The highest BCUT2D eigenvalue weighted by Gasteiger charge is 2.39. The second-order valence-electron chi connectivity index (χ2n) is 18.3. The van der Waals surface area contributed by atoms with Crippen LogP contribution in [0.2, 0.25) is 0 Å². The number of hydrogen-bond donors (Lipinski definition) is 1. The first-order valence-electron chi connectivity index (χ1n) is 24.1. The number of rotatable bonds is 11. The number of fused-ring (bicyclic) bond motifs is 6. The van der Waals surface area contributed by atoms with E-state index in [4.69, 9.17) is 9.47 Å². The molecule has 6 aromatic rings. The van der Waals surface area contributed by atoms with Crippen LogP contribution in [0, 0.1) is 24.6 Å². The summed E-state index contributed by atoms with van der Waals surface area (Å²) < 4.78 is 25.2. The lowest BCUT2D eigenvalue weighted by atomic mass is 9.86. The second kappa shape index (κ2) is 23.8. The van der Waals surface area contributed by atoms with Gasteiger partial charge in [-0.3, -0.25) is 24.5 Å². The molecule has 0 aromatic heterocycles. The molecule has 12 rings (SSSR count). The maximum atomic E-state index is 13.3. The number of halogens is 1. The van der Waals surface area contributed by atoms with E-state index in [0.29, 0.717) is 42.8 Å². The zero-order chi connectivity index (χ0) is 48.0. The Kier molecular flexibility index (Phi) is 16.7. The molecule has 12 heteroatoms. The van der Waals surface area contributed by atoms with Crippen LogP contribution < -0.4 is 14.7 Å². The first-order valence-corrected chi connectivity index (χ1v) is 24.1. The van der Waals surface area contributed by atoms with Crippen LogP contribution in [-0.4, -0.2) is 84.7 Å². The molecule has 6 aliphatic rings. The maximum absolute atomic E-state index is 13.3. The molecule has 6 heterocycles. The summed E-state index contributed by atoms with van der Waals surface area (Å²) in [6.45, 7) is 9.44. The minimum Gasteiger partial charge on any atom is -0.465 e. The van der Waals surface area contributed by atoms with Gasteiger partial charge in [0.1, 0.15) is 18.0 Å². The second-order valence-corrected chi connectivity index (χ2v) is 18.3. The van der Waals surface area contributed by atoms with Gasteiger partial charge in [0, 0.05) is 30.2 Å². The lowest BCUT2D eigenvalue weighted by Crippen LogP contribution is -2.53. The number of aryl methyl sites for hydroxylation is 1. The van der Waals surface area contributed by atoms with Crippen molar-refractivity contribution >= 4 is 35.3 Å². The number of carbonyl (C=O) groups excluding carboxylic acids is 2. The van der Waals surface area contributed by atoms with Crippen LogP contribution in [0.3, 0.4) is 0 Å². The van der Waals surface area contributed by atoms with Gasteiger partial charge in [-0.15, -0.1) is 0 Å². The molecule has 0 radical (unpaired) electrons. The van der Waals surface area contributed by atoms with Gasteiger partial charge in [0.05, 0.1) is 19.6 Å². The fourth-order valence-corrected chi connectivity index (χ4v) is 9.52. The fraction of sp³-hybridized carbons (Fsp3) is 0.316. The highest BCUT2D eigenvalue weighted by molar-refractivity contribution is 5.88. The highest BCUT2D eigenvalue weighted by Crippen LogP contribution is 2.32. The fourth-order valence-electron chi connectivity index (χ4n) is 9.52. The molecule has 4 bridgehead atoms. The van der Waals surface area contributed by atoms with Crippen LogP contribution in [0.25, 0.3) is 0 Å². The van der Waals surface area contributed by atoms with E-state index in [9.17, 15) is 23.9 Å². The van der Waals surface area contributed by atoms with Crippen molar-refractivity contribution in [1.29, 1.82) is 0 Å². The van der Waals surface area contributed by atoms with Crippen LogP contribution in [0.15, 0.2) is 170 Å². The average Bonchev–Trinajstić information content (AvgIpc) is 3.39. The molecular weight excluding hydrogens is 870 g/mol. The van der Waals surface area contributed by atoms with Crippen molar-refractivity contribution in [3.05, 3.63) is 198 Å². The molecule has 358 valence electrons. The third-order valence-electron chi connectivity index (χ3n) is 13.5. The Hall–Kier alpha value is -7.02. The molecule has 0 unspecified atom stereocenters. The van der Waals surface area contributed by atoms with Crippen molar-refractivity contribution in [1.82, 2.24) is 9.80 Å². The summed E-state index contributed by atoms with van der Waals surface area (Å²) in [5.41, 5.74) is 6.39. The molecule has 6 saturated heterocycles. The number of anilines is 3. The molecule has 0 spiro atoms. The van der Waals surface area contributed by atoms with Crippen LogP contribution >= 0.6 is 0 Å². The summed E-state index contributed by atoms with van der Waals surface area (Å²) in [4.78, 5) is 46.7. The molecule has 6 fully saturated rings. The Bertz CT molecular complexity index is 2520. The minimum atomic E-state index is -0.942. The van der Waals surface area contributed by atoms with Crippen molar-refractivity contribution in [3.63, 3.8) is 0 Å². The molecule has 11 nitrogen and oxygen atoms in total. The third kappa shape index (κ3) is 13.6. The number of piperidine rings is 6. The lowest BCUT2D eigenvalue weighted by Gasteiger charge is -2.44. The Morgan fingerprint density at radius 2 is 0.826 bits per heavy atom. The number of nitrogens with zero attached hydrogens (tertiary/aromatic N) is 5. The molecule has 6 aromatic carbocycles. The van der Waals surface area contributed by atoms with Gasteiger partial charge in [-0.1, -0.05) is 127 Å². The summed E-state index contributed by atoms with van der Waals surface area (Å²) in [6.07, 6.45) is 2.89. The van der Waals surface area contributed by atoms with Crippen molar-refractivity contribution in [3.8, 4) is 0 Å². The summed E-state index contributed by atoms with van der Waals surface area (Å²) >= 11 is 0. The van der Waals surface area contributed by atoms with E-state index in [1.54, 1.807) is 21.9 Å². The summed E-state index contributed by atoms with van der Waals surface area (Å²) in [5, 5.41) is 9.28.